The Morgan fingerprint density at radius 2 is 1.74 bits per heavy atom. The van der Waals surface area contributed by atoms with Crippen LogP contribution in [-0.4, -0.2) is 27.0 Å². The minimum atomic E-state index is -1.18. The zero-order chi connectivity index (χ0) is 16.4. The number of carbonyl (C=O) groups excluding carboxylic acids is 1. The van der Waals surface area contributed by atoms with Crippen LogP contribution in [0.4, 0.5) is 0 Å². The molecule has 1 atom stereocenters. The van der Waals surface area contributed by atoms with Crippen LogP contribution in [-0.2, 0) is 0 Å². The molecule has 1 saturated carbocycles. The van der Waals surface area contributed by atoms with Gasteiger partial charge in [0.25, 0.3) is 5.91 Å². The minimum Gasteiger partial charge on any atom is -0.476 e. The van der Waals surface area contributed by atoms with Crippen molar-refractivity contribution in [2.45, 2.75) is 18.9 Å². The van der Waals surface area contributed by atoms with Crippen molar-refractivity contribution < 1.29 is 14.7 Å². The SMILES string of the molecule is O=C(O)c1cnc(C(=O)NC(c2ccc(Cl)cc2)C2CC2)cn1. The number of aromatic carboxylic acids is 1. The number of rotatable bonds is 5. The second kappa shape index (κ2) is 6.34. The van der Waals surface area contributed by atoms with Gasteiger partial charge >= 0.3 is 5.97 Å². The summed E-state index contributed by atoms with van der Waals surface area (Å²) in [6, 6.07) is 7.26. The summed E-state index contributed by atoms with van der Waals surface area (Å²) < 4.78 is 0. The maximum absolute atomic E-state index is 12.3. The van der Waals surface area contributed by atoms with E-state index in [1.807, 2.05) is 12.1 Å². The number of nitrogens with one attached hydrogen (secondary N) is 1. The van der Waals surface area contributed by atoms with E-state index in [-0.39, 0.29) is 23.3 Å². The van der Waals surface area contributed by atoms with Crippen molar-refractivity contribution in [2.75, 3.05) is 0 Å². The molecular weight excluding hydrogens is 318 g/mol. The first-order valence-electron chi connectivity index (χ1n) is 7.16. The minimum absolute atomic E-state index is 0.0922. The van der Waals surface area contributed by atoms with Gasteiger partial charge in [-0.3, -0.25) is 4.79 Å². The predicted octanol–water partition coefficient (Wildman–Crippen LogP) is 2.71. The summed E-state index contributed by atoms with van der Waals surface area (Å²) in [7, 11) is 0. The number of hydrogen-bond acceptors (Lipinski definition) is 4. The molecule has 118 valence electrons. The summed E-state index contributed by atoms with van der Waals surface area (Å²) in [5, 5.41) is 12.4. The number of amides is 1. The summed E-state index contributed by atoms with van der Waals surface area (Å²) >= 11 is 5.90. The molecule has 0 aliphatic heterocycles. The number of nitrogens with zero attached hydrogens (tertiary/aromatic N) is 2. The molecule has 1 fully saturated rings. The highest BCUT2D eigenvalue weighted by molar-refractivity contribution is 6.30. The van der Waals surface area contributed by atoms with E-state index in [0.29, 0.717) is 10.9 Å². The molecule has 0 bridgehead atoms. The van der Waals surface area contributed by atoms with Gasteiger partial charge in [-0.05, 0) is 36.5 Å². The molecule has 1 aliphatic rings. The fourth-order valence-corrected chi connectivity index (χ4v) is 2.47. The Labute approximate surface area is 137 Å². The molecule has 1 amide bonds. The highest BCUT2D eigenvalue weighted by Crippen LogP contribution is 2.41. The Morgan fingerprint density at radius 3 is 2.26 bits per heavy atom. The van der Waals surface area contributed by atoms with E-state index in [0.717, 1.165) is 24.6 Å². The molecule has 0 radical (unpaired) electrons. The predicted molar refractivity (Wildman–Crippen MR) is 83.4 cm³/mol. The summed E-state index contributed by atoms with van der Waals surface area (Å²) in [5.41, 5.74) is 0.882. The first-order chi connectivity index (χ1) is 11.0. The second-order valence-corrected chi connectivity index (χ2v) is 5.87. The van der Waals surface area contributed by atoms with Crippen LogP contribution in [0.15, 0.2) is 36.7 Å². The van der Waals surface area contributed by atoms with Crippen LogP contribution in [0.3, 0.4) is 0 Å². The van der Waals surface area contributed by atoms with Crippen molar-refractivity contribution in [1.82, 2.24) is 15.3 Å². The van der Waals surface area contributed by atoms with Crippen LogP contribution in [0.25, 0.3) is 0 Å². The van der Waals surface area contributed by atoms with Crippen LogP contribution < -0.4 is 5.32 Å². The molecule has 6 nitrogen and oxygen atoms in total. The first-order valence-corrected chi connectivity index (χ1v) is 7.54. The first kappa shape index (κ1) is 15.4. The highest BCUT2D eigenvalue weighted by atomic mass is 35.5. The molecule has 3 rings (SSSR count). The number of benzene rings is 1. The van der Waals surface area contributed by atoms with Gasteiger partial charge in [0, 0.05) is 5.02 Å². The van der Waals surface area contributed by atoms with E-state index in [1.165, 1.54) is 6.20 Å². The van der Waals surface area contributed by atoms with Crippen molar-refractivity contribution in [3.8, 4) is 0 Å². The quantitative estimate of drug-likeness (QED) is 0.878. The molecule has 0 saturated heterocycles. The molecule has 0 spiro atoms. The molecule has 1 aliphatic carbocycles. The van der Waals surface area contributed by atoms with Crippen LogP contribution in [0.2, 0.25) is 5.02 Å². The Morgan fingerprint density at radius 1 is 1.13 bits per heavy atom. The largest absolute Gasteiger partial charge is 0.476 e. The fourth-order valence-electron chi connectivity index (χ4n) is 2.34. The maximum Gasteiger partial charge on any atom is 0.356 e. The van der Waals surface area contributed by atoms with E-state index >= 15 is 0 Å². The average molecular weight is 332 g/mol. The van der Waals surface area contributed by atoms with E-state index in [9.17, 15) is 9.59 Å². The number of hydrogen-bond donors (Lipinski definition) is 2. The molecule has 1 aromatic heterocycles. The Bertz CT molecular complexity index is 727. The highest BCUT2D eigenvalue weighted by Gasteiger charge is 2.33. The lowest BCUT2D eigenvalue weighted by molar-refractivity contribution is 0.0689. The number of carboxylic acids is 1. The normalized spacial score (nSPS) is 15.0. The van der Waals surface area contributed by atoms with Gasteiger partial charge in [-0.1, -0.05) is 23.7 Å². The van der Waals surface area contributed by atoms with Crippen molar-refractivity contribution in [3.63, 3.8) is 0 Å². The third kappa shape index (κ3) is 3.65. The number of carbonyl (C=O) groups is 2. The zero-order valence-corrected chi connectivity index (χ0v) is 12.8. The van der Waals surface area contributed by atoms with Gasteiger partial charge in [0.1, 0.15) is 5.69 Å². The lowest BCUT2D eigenvalue weighted by Gasteiger charge is -2.18. The Balaban J connectivity index is 1.76. The van der Waals surface area contributed by atoms with Crippen LogP contribution >= 0.6 is 11.6 Å². The summed E-state index contributed by atoms with van der Waals surface area (Å²) in [5.74, 6) is -1.16. The third-order valence-electron chi connectivity index (χ3n) is 3.71. The summed E-state index contributed by atoms with van der Waals surface area (Å²) in [6.07, 6.45) is 4.35. The maximum atomic E-state index is 12.3. The standard InChI is InChI=1S/C16H14ClN3O3/c17-11-5-3-10(4-6-11)14(9-1-2-9)20-15(21)12-7-19-13(8-18-12)16(22)23/h3-9,14H,1-2H2,(H,20,21)(H,22,23). The molecule has 7 heteroatoms. The fraction of sp³-hybridized carbons (Fsp3) is 0.250. The van der Waals surface area contributed by atoms with Gasteiger partial charge in [-0.2, -0.15) is 0 Å². The molecule has 2 N–H and O–H groups in total. The molecule has 2 aromatic rings. The molecule has 1 heterocycles. The lowest BCUT2D eigenvalue weighted by atomic mass is 10.0. The van der Waals surface area contributed by atoms with Gasteiger partial charge in [0.05, 0.1) is 18.4 Å². The number of halogens is 1. The van der Waals surface area contributed by atoms with Crippen LogP contribution in [0, 0.1) is 5.92 Å². The second-order valence-electron chi connectivity index (χ2n) is 5.43. The van der Waals surface area contributed by atoms with Gasteiger partial charge in [-0.15, -0.1) is 0 Å². The average Bonchev–Trinajstić information content (AvgIpc) is 3.38. The van der Waals surface area contributed by atoms with E-state index in [4.69, 9.17) is 16.7 Å². The van der Waals surface area contributed by atoms with Gasteiger partial charge < -0.3 is 10.4 Å². The summed E-state index contributed by atoms with van der Waals surface area (Å²) in [6.45, 7) is 0. The molecule has 1 aromatic carbocycles. The van der Waals surface area contributed by atoms with Crippen molar-refractivity contribution in [2.24, 2.45) is 5.92 Å². The van der Waals surface area contributed by atoms with Crippen molar-refractivity contribution in [1.29, 1.82) is 0 Å². The van der Waals surface area contributed by atoms with Crippen LogP contribution in [0.1, 0.15) is 45.4 Å². The van der Waals surface area contributed by atoms with E-state index < -0.39 is 5.97 Å². The van der Waals surface area contributed by atoms with Gasteiger partial charge in [0.15, 0.2) is 5.69 Å². The number of carboxylic acid groups (broad SMARTS) is 1. The molecular formula is C16H14ClN3O3. The van der Waals surface area contributed by atoms with Crippen LogP contribution in [0.5, 0.6) is 0 Å². The Kier molecular flexibility index (Phi) is 4.25. The molecule has 1 unspecified atom stereocenters. The van der Waals surface area contributed by atoms with E-state index in [1.54, 1.807) is 12.1 Å². The van der Waals surface area contributed by atoms with Crippen molar-refractivity contribution >= 4 is 23.5 Å². The Hall–Kier alpha value is -2.47. The summed E-state index contributed by atoms with van der Waals surface area (Å²) in [4.78, 5) is 30.7. The molecule has 23 heavy (non-hydrogen) atoms. The van der Waals surface area contributed by atoms with Crippen molar-refractivity contribution in [3.05, 3.63) is 58.6 Å². The van der Waals surface area contributed by atoms with Gasteiger partial charge in [-0.25, -0.2) is 14.8 Å². The van der Waals surface area contributed by atoms with E-state index in [2.05, 4.69) is 15.3 Å². The lowest BCUT2D eigenvalue weighted by Crippen LogP contribution is -2.30. The number of aromatic nitrogens is 2. The third-order valence-corrected chi connectivity index (χ3v) is 3.96. The zero-order valence-electron chi connectivity index (χ0n) is 12.1. The van der Waals surface area contributed by atoms with Gasteiger partial charge in [0.2, 0.25) is 0 Å². The smallest absolute Gasteiger partial charge is 0.356 e. The monoisotopic (exact) mass is 331 g/mol. The topological polar surface area (TPSA) is 92.2 Å².